The van der Waals surface area contributed by atoms with E-state index in [1.165, 1.54) is 7.11 Å². The molecule has 0 unspecified atom stereocenters. The average Bonchev–Trinajstić information content (AvgIpc) is 2.77. The van der Waals surface area contributed by atoms with E-state index in [1.807, 2.05) is 30.5 Å². The first-order valence-electron chi connectivity index (χ1n) is 5.61. The second-order valence-electron chi connectivity index (χ2n) is 3.96. The van der Waals surface area contributed by atoms with Crippen molar-refractivity contribution in [3.8, 4) is 0 Å². The Morgan fingerprint density at radius 3 is 2.67 bits per heavy atom. The molecule has 0 aliphatic rings. The van der Waals surface area contributed by atoms with E-state index in [4.69, 9.17) is 5.73 Å². The van der Waals surface area contributed by atoms with Crippen molar-refractivity contribution in [2.75, 3.05) is 12.8 Å². The number of nitrogen functional groups attached to an aromatic ring is 1. The van der Waals surface area contributed by atoms with Crippen molar-refractivity contribution in [2.24, 2.45) is 0 Å². The number of hydrogen-bond acceptors (Lipinski definition) is 4. The van der Waals surface area contributed by atoms with E-state index in [9.17, 15) is 4.79 Å². The summed E-state index contributed by atoms with van der Waals surface area (Å²) in [7, 11) is 1.39. The molecule has 0 saturated carbocycles. The lowest BCUT2D eigenvalue weighted by atomic mass is 10.0. The van der Waals surface area contributed by atoms with Gasteiger partial charge in [0.1, 0.15) is 5.82 Å². The van der Waals surface area contributed by atoms with Gasteiger partial charge in [-0.05, 0) is 17.2 Å². The Morgan fingerprint density at radius 2 is 2.06 bits per heavy atom. The van der Waals surface area contributed by atoms with E-state index in [0.717, 1.165) is 11.1 Å². The molecule has 5 heteroatoms. The Labute approximate surface area is 105 Å². The number of benzene rings is 1. The van der Waals surface area contributed by atoms with Crippen molar-refractivity contribution in [1.82, 2.24) is 9.78 Å². The summed E-state index contributed by atoms with van der Waals surface area (Å²) >= 11 is 0. The molecule has 0 aliphatic heterocycles. The van der Waals surface area contributed by atoms with Gasteiger partial charge in [-0.2, -0.15) is 5.10 Å². The molecule has 94 valence electrons. The third kappa shape index (κ3) is 2.88. The molecule has 0 fully saturated rings. The molecular weight excluding hydrogens is 230 g/mol. The van der Waals surface area contributed by atoms with Crippen molar-refractivity contribution in [1.29, 1.82) is 0 Å². The van der Waals surface area contributed by atoms with Crippen LogP contribution in [0.4, 0.5) is 5.82 Å². The number of anilines is 1. The Bertz CT molecular complexity index is 549. The Hall–Kier alpha value is -2.30. The highest BCUT2D eigenvalue weighted by atomic mass is 16.5. The van der Waals surface area contributed by atoms with Crippen LogP contribution in [0, 0.1) is 0 Å². The van der Waals surface area contributed by atoms with Gasteiger partial charge in [-0.3, -0.25) is 9.48 Å². The van der Waals surface area contributed by atoms with Crippen LogP contribution >= 0.6 is 0 Å². The van der Waals surface area contributed by atoms with Crippen molar-refractivity contribution >= 4 is 11.8 Å². The summed E-state index contributed by atoms with van der Waals surface area (Å²) in [5, 5.41) is 4.12. The number of carbonyl (C=O) groups excluding carboxylic acids is 1. The largest absolute Gasteiger partial charge is 0.469 e. The van der Waals surface area contributed by atoms with Gasteiger partial charge >= 0.3 is 5.97 Å². The molecule has 2 N–H and O–H groups in total. The molecule has 0 radical (unpaired) electrons. The van der Waals surface area contributed by atoms with Crippen LogP contribution < -0.4 is 5.73 Å². The van der Waals surface area contributed by atoms with Gasteiger partial charge in [0, 0.05) is 6.20 Å². The number of nitrogens with zero attached hydrogens (tertiary/aromatic N) is 2. The monoisotopic (exact) mass is 245 g/mol. The first-order chi connectivity index (χ1) is 8.69. The average molecular weight is 245 g/mol. The van der Waals surface area contributed by atoms with E-state index >= 15 is 0 Å². The molecule has 2 rings (SSSR count). The SMILES string of the molecule is COC(=O)Cc1ccccc1Cn1ccc(N)n1. The minimum Gasteiger partial charge on any atom is -0.469 e. The van der Waals surface area contributed by atoms with Crippen molar-refractivity contribution in [3.05, 3.63) is 47.7 Å². The number of hydrogen-bond donors (Lipinski definition) is 1. The first kappa shape index (κ1) is 12.2. The number of esters is 1. The quantitative estimate of drug-likeness (QED) is 0.822. The molecule has 1 aromatic carbocycles. The van der Waals surface area contributed by atoms with Crippen LogP contribution in [0.1, 0.15) is 11.1 Å². The third-order valence-electron chi connectivity index (χ3n) is 2.67. The van der Waals surface area contributed by atoms with Gasteiger partial charge in [0.2, 0.25) is 0 Å². The van der Waals surface area contributed by atoms with Gasteiger partial charge in [0.25, 0.3) is 0 Å². The van der Waals surface area contributed by atoms with Gasteiger partial charge in [0.05, 0.1) is 20.1 Å². The van der Waals surface area contributed by atoms with E-state index < -0.39 is 0 Å². The minimum atomic E-state index is -0.248. The highest BCUT2D eigenvalue weighted by molar-refractivity contribution is 5.72. The fourth-order valence-electron chi connectivity index (χ4n) is 1.75. The van der Waals surface area contributed by atoms with Crippen LogP contribution in [-0.4, -0.2) is 22.9 Å². The molecule has 0 aliphatic carbocycles. The summed E-state index contributed by atoms with van der Waals surface area (Å²) in [6.07, 6.45) is 2.08. The number of rotatable bonds is 4. The topological polar surface area (TPSA) is 70.1 Å². The highest BCUT2D eigenvalue weighted by Gasteiger charge is 2.08. The number of ether oxygens (including phenoxy) is 1. The minimum absolute atomic E-state index is 0.248. The van der Waals surface area contributed by atoms with Crippen LogP contribution in [0.15, 0.2) is 36.5 Å². The van der Waals surface area contributed by atoms with E-state index in [0.29, 0.717) is 12.4 Å². The molecule has 5 nitrogen and oxygen atoms in total. The second-order valence-corrected chi connectivity index (χ2v) is 3.96. The Morgan fingerprint density at radius 1 is 1.33 bits per heavy atom. The van der Waals surface area contributed by atoms with Gasteiger partial charge < -0.3 is 10.5 Å². The van der Waals surface area contributed by atoms with Crippen LogP contribution in [0.3, 0.4) is 0 Å². The van der Waals surface area contributed by atoms with E-state index in [1.54, 1.807) is 10.7 Å². The van der Waals surface area contributed by atoms with E-state index in [2.05, 4.69) is 9.84 Å². The Balaban J connectivity index is 2.19. The predicted molar refractivity (Wildman–Crippen MR) is 67.9 cm³/mol. The first-order valence-corrected chi connectivity index (χ1v) is 5.61. The smallest absolute Gasteiger partial charge is 0.309 e. The molecule has 0 spiro atoms. The summed E-state index contributed by atoms with van der Waals surface area (Å²) in [5.74, 6) is 0.239. The summed E-state index contributed by atoms with van der Waals surface area (Å²) in [5.41, 5.74) is 7.54. The zero-order chi connectivity index (χ0) is 13.0. The van der Waals surface area contributed by atoms with Crippen LogP contribution in [0.5, 0.6) is 0 Å². The fourth-order valence-corrected chi connectivity index (χ4v) is 1.75. The molecule has 2 aromatic rings. The molecule has 1 heterocycles. The maximum Gasteiger partial charge on any atom is 0.309 e. The van der Waals surface area contributed by atoms with Gasteiger partial charge in [-0.25, -0.2) is 0 Å². The molecule has 1 aromatic heterocycles. The summed E-state index contributed by atoms with van der Waals surface area (Å²) in [6, 6.07) is 9.46. The molecule has 0 amide bonds. The van der Waals surface area contributed by atoms with Crippen LogP contribution in [0.2, 0.25) is 0 Å². The summed E-state index contributed by atoms with van der Waals surface area (Å²) < 4.78 is 6.42. The van der Waals surface area contributed by atoms with Crippen LogP contribution in [0.25, 0.3) is 0 Å². The zero-order valence-corrected chi connectivity index (χ0v) is 10.2. The number of carbonyl (C=O) groups is 1. The van der Waals surface area contributed by atoms with Crippen molar-refractivity contribution in [2.45, 2.75) is 13.0 Å². The molecule has 18 heavy (non-hydrogen) atoms. The second kappa shape index (κ2) is 5.35. The number of nitrogens with two attached hydrogens (primary N) is 1. The zero-order valence-electron chi connectivity index (χ0n) is 10.2. The standard InChI is InChI=1S/C13H15N3O2/c1-18-13(17)8-10-4-2-3-5-11(10)9-16-7-6-12(14)15-16/h2-7H,8-9H2,1H3,(H2,14,15). The fraction of sp³-hybridized carbons (Fsp3) is 0.231. The summed E-state index contributed by atoms with van der Waals surface area (Å²) in [6.45, 7) is 0.588. The number of aromatic nitrogens is 2. The molecule has 0 saturated heterocycles. The summed E-state index contributed by atoms with van der Waals surface area (Å²) in [4.78, 5) is 11.3. The van der Waals surface area contributed by atoms with E-state index in [-0.39, 0.29) is 12.4 Å². The Kier molecular flexibility index (Phi) is 3.62. The van der Waals surface area contributed by atoms with Crippen LogP contribution in [-0.2, 0) is 22.5 Å². The number of methoxy groups -OCH3 is 1. The highest BCUT2D eigenvalue weighted by Crippen LogP contribution is 2.12. The van der Waals surface area contributed by atoms with Gasteiger partial charge in [0.15, 0.2) is 0 Å². The lowest BCUT2D eigenvalue weighted by Crippen LogP contribution is -2.09. The van der Waals surface area contributed by atoms with Gasteiger partial charge in [-0.1, -0.05) is 24.3 Å². The maximum atomic E-state index is 11.3. The predicted octanol–water partition coefficient (Wildman–Crippen LogP) is 1.23. The molecule has 0 atom stereocenters. The maximum absolute atomic E-state index is 11.3. The van der Waals surface area contributed by atoms with Gasteiger partial charge in [-0.15, -0.1) is 0 Å². The molecular formula is C13H15N3O2. The lowest BCUT2D eigenvalue weighted by molar-refractivity contribution is -0.139. The van der Waals surface area contributed by atoms with Crippen molar-refractivity contribution in [3.63, 3.8) is 0 Å². The van der Waals surface area contributed by atoms with Crippen molar-refractivity contribution < 1.29 is 9.53 Å². The third-order valence-corrected chi connectivity index (χ3v) is 2.67. The molecule has 0 bridgehead atoms. The normalized spacial score (nSPS) is 10.3. The lowest BCUT2D eigenvalue weighted by Gasteiger charge is -2.08.